The molecule has 3 heteroatoms. The smallest absolute Gasteiger partial charge is 0.144 e. The van der Waals surface area contributed by atoms with E-state index in [1.807, 2.05) is 37.3 Å². The van der Waals surface area contributed by atoms with Gasteiger partial charge in [-0.15, -0.1) is 0 Å². The van der Waals surface area contributed by atoms with Gasteiger partial charge in [-0.25, -0.2) is 4.39 Å². The van der Waals surface area contributed by atoms with Crippen molar-refractivity contribution in [2.45, 2.75) is 25.7 Å². The Morgan fingerprint density at radius 2 is 1.90 bits per heavy atom. The van der Waals surface area contributed by atoms with E-state index < -0.39 is 5.82 Å². The molecule has 104 valence electrons. The summed E-state index contributed by atoms with van der Waals surface area (Å²) in [6.45, 7) is 1.97. The van der Waals surface area contributed by atoms with Gasteiger partial charge in [-0.3, -0.25) is 4.79 Å². The predicted molar refractivity (Wildman–Crippen MR) is 79.6 cm³/mol. The molecule has 0 N–H and O–H groups in total. The van der Waals surface area contributed by atoms with Gasteiger partial charge in [0.2, 0.25) is 0 Å². The van der Waals surface area contributed by atoms with Crippen molar-refractivity contribution in [3.63, 3.8) is 0 Å². The molecule has 0 aliphatic rings. The number of ketones is 1. The molecule has 0 aliphatic carbocycles. The Morgan fingerprint density at radius 1 is 1.20 bits per heavy atom. The molecule has 0 aliphatic heterocycles. The Bertz CT molecular complexity index is 595. The van der Waals surface area contributed by atoms with Crippen molar-refractivity contribution in [1.29, 1.82) is 0 Å². The van der Waals surface area contributed by atoms with Crippen LogP contribution in [0.4, 0.5) is 4.39 Å². The van der Waals surface area contributed by atoms with Crippen molar-refractivity contribution >= 4 is 17.4 Å². The van der Waals surface area contributed by atoms with Crippen LogP contribution in [0.1, 0.15) is 30.4 Å². The lowest BCUT2D eigenvalue weighted by Crippen LogP contribution is -2.15. The summed E-state index contributed by atoms with van der Waals surface area (Å²) < 4.78 is 13.7. The highest BCUT2D eigenvalue weighted by atomic mass is 35.5. The highest BCUT2D eigenvalue weighted by molar-refractivity contribution is 6.30. The van der Waals surface area contributed by atoms with E-state index in [0.29, 0.717) is 17.0 Å². The molecule has 0 aromatic heterocycles. The van der Waals surface area contributed by atoms with E-state index >= 15 is 0 Å². The highest BCUT2D eigenvalue weighted by Gasteiger charge is 2.19. The van der Waals surface area contributed by atoms with Crippen LogP contribution in [0.5, 0.6) is 0 Å². The van der Waals surface area contributed by atoms with Crippen LogP contribution in [-0.4, -0.2) is 5.78 Å². The average Bonchev–Trinajstić information content (AvgIpc) is 2.44. The van der Waals surface area contributed by atoms with Crippen molar-refractivity contribution in [3.8, 4) is 0 Å². The summed E-state index contributed by atoms with van der Waals surface area (Å²) in [6.07, 6.45) is 0.800. The Balaban J connectivity index is 2.18. The number of Topliss-reactive ketones (excluding diaryl/α,β-unsaturated/α-hetero) is 1. The summed E-state index contributed by atoms with van der Waals surface area (Å²) in [6, 6.07) is 14.0. The van der Waals surface area contributed by atoms with Gasteiger partial charge in [-0.05, 0) is 29.7 Å². The molecule has 0 spiro atoms. The van der Waals surface area contributed by atoms with Gasteiger partial charge >= 0.3 is 0 Å². The van der Waals surface area contributed by atoms with E-state index in [1.165, 1.54) is 6.07 Å². The van der Waals surface area contributed by atoms with Gasteiger partial charge in [0.1, 0.15) is 11.6 Å². The van der Waals surface area contributed by atoms with E-state index in [2.05, 4.69) is 0 Å². The number of hydrogen-bond acceptors (Lipinski definition) is 1. The first kappa shape index (κ1) is 14.7. The number of carbonyl (C=O) groups excluding carboxylic acids is 1. The lowest BCUT2D eigenvalue weighted by Gasteiger charge is -2.14. The number of halogens is 2. The fourth-order valence-corrected chi connectivity index (χ4v) is 2.47. The van der Waals surface area contributed by atoms with Crippen molar-refractivity contribution in [3.05, 3.63) is 70.5 Å². The molecular weight excluding hydrogens is 275 g/mol. The number of benzene rings is 2. The Morgan fingerprint density at radius 3 is 2.50 bits per heavy atom. The molecule has 1 nitrogen and oxygen atoms in total. The van der Waals surface area contributed by atoms with Crippen molar-refractivity contribution in [2.24, 2.45) is 0 Å². The maximum atomic E-state index is 13.7. The zero-order valence-corrected chi connectivity index (χ0v) is 12.0. The molecule has 0 saturated carbocycles. The molecule has 1 atom stereocenters. The lowest BCUT2D eigenvalue weighted by atomic mass is 9.89. The molecule has 0 heterocycles. The minimum Gasteiger partial charge on any atom is -0.299 e. The summed E-state index contributed by atoms with van der Waals surface area (Å²) in [5.41, 5.74) is 1.38. The number of rotatable bonds is 5. The molecule has 1 unspecified atom stereocenters. The van der Waals surface area contributed by atoms with Crippen LogP contribution >= 0.6 is 11.6 Å². The Hall–Kier alpha value is -1.67. The van der Waals surface area contributed by atoms with Gasteiger partial charge in [0, 0.05) is 17.4 Å². The van der Waals surface area contributed by atoms with Crippen LogP contribution in [0.2, 0.25) is 5.02 Å². The second-order valence-corrected chi connectivity index (χ2v) is 5.19. The van der Waals surface area contributed by atoms with Crippen molar-refractivity contribution in [1.82, 2.24) is 0 Å². The second kappa shape index (κ2) is 6.67. The topological polar surface area (TPSA) is 17.1 Å². The van der Waals surface area contributed by atoms with Crippen molar-refractivity contribution < 1.29 is 9.18 Å². The van der Waals surface area contributed by atoms with E-state index in [0.717, 1.165) is 5.56 Å². The second-order valence-electron chi connectivity index (χ2n) is 4.75. The third-order valence-electron chi connectivity index (χ3n) is 3.38. The first-order chi connectivity index (χ1) is 9.61. The molecule has 2 aromatic carbocycles. The van der Waals surface area contributed by atoms with Crippen molar-refractivity contribution in [2.75, 3.05) is 0 Å². The molecular formula is C17H16ClFO. The summed E-state index contributed by atoms with van der Waals surface area (Å²) >= 11 is 5.71. The minimum atomic E-state index is -0.422. The highest BCUT2D eigenvalue weighted by Crippen LogP contribution is 2.23. The van der Waals surface area contributed by atoms with Gasteiger partial charge in [-0.1, -0.05) is 54.9 Å². The number of hydrogen-bond donors (Lipinski definition) is 0. The Kier molecular flexibility index (Phi) is 4.91. The zero-order valence-electron chi connectivity index (χ0n) is 11.3. The molecule has 0 fully saturated rings. The van der Waals surface area contributed by atoms with Gasteiger partial charge in [0.05, 0.1) is 0 Å². The predicted octanol–water partition coefficient (Wildman–Crippen LogP) is 4.78. The average molecular weight is 291 g/mol. The maximum Gasteiger partial charge on any atom is 0.144 e. The summed E-state index contributed by atoms with van der Waals surface area (Å²) in [4.78, 5) is 12.4. The van der Waals surface area contributed by atoms with Crippen LogP contribution in [0.15, 0.2) is 48.5 Å². The fraction of sp³-hybridized carbons (Fsp3) is 0.235. The van der Waals surface area contributed by atoms with Crippen LogP contribution in [0, 0.1) is 5.82 Å². The molecule has 0 bridgehead atoms. The largest absolute Gasteiger partial charge is 0.299 e. The standard InChI is InChI=1S/C17H16ClFO/c1-2-15(12-6-4-3-5-7-12)17(20)10-13-8-9-14(18)11-16(13)19/h3-9,11,15H,2,10H2,1H3. The third kappa shape index (κ3) is 3.45. The van der Waals surface area contributed by atoms with E-state index in [9.17, 15) is 9.18 Å². The van der Waals surface area contributed by atoms with Crippen LogP contribution < -0.4 is 0 Å². The van der Waals surface area contributed by atoms with Gasteiger partial charge < -0.3 is 0 Å². The molecule has 20 heavy (non-hydrogen) atoms. The van der Waals surface area contributed by atoms with E-state index in [-0.39, 0.29) is 18.1 Å². The number of carbonyl (C=O) groups is 1. The molecule has 0 saturated heterocycles. The van der Waals surface area contributed by atoms with Crippen LogP contribution in [-0.2, 0) is 11.2 Å². The zero-order chi connectivity index (χ0) is 14.5. The first-order valence-corrected chi connectivity index (χ1v) is 7.01. The monoisotopic (exact) mass is 290 g/mol. The molecule has 0 radical (unpaired) electrons. The van der Waals surface area contributed by atoms with E-state index in [1.54, 1.807) is 12.1 Å². The minimum absolute atomic E-state index is 0.0277. The summed E-state index contributed by atoms with van der Waals surface area (Å²) in [5.74, 6) is -0.583. The molecule has 2 rings (SSSR count). The third-order valence-corrected chi connectivity index (χ3v) is 3.61. The first-order valence-electron chi connectivity index (χ1n) is 6.63. The van der Waals surface area contributed by atoms with Crippen LogP contribution in [0.3, 0.4) is 0 Å². The molecule has 0 amide bonds. The quantitative estimate of drug-likeness (QED) is 0.774. The summed E-state index contributed by atoms with van der Waals surface area (Å²) in [7, 11) is 0. The van der Waals surface area contributed by atoms with Gasteiger partial charge in [0.25, 0.3) is 0 Å². The van der Waals surface area contributed by atoms with Gasteiger partial charge in [-0.2, -0.15) is 0 Å². The van der Waals surface area contributed by atoms with Gasteiger partial charge in [0.15, 0.2) is 0 Å². The summed E-state index contributed by atoms with van der Waals surface area (Å²) in [5, 5.41) is 0.341. The lowest BCUT2D eigenvalue weighted by molar-refractivity contribution is -0.120. The fourth-order valence-electron chi connectivity index (χ4n) is 2.31. The normalized spacial score (nSPS) is 12.2. The van der Waals surface area contributed by atoms with Crippen LogP contribution in [0.25, 0.3) is 0 Å². The Labute approximate surface area is 123 Å². The molecule has 2 aromatic rings. The maximum absolute atomic E-state index is 13.7. The van der Waals surface area contributed by atoms with E-state index in [4.69, 9.17) is 11.6 Å². The SMILES string of the molecule is CCC(C(=O)Cc1ccc(Cl)cc1F)c1ccccc1.